The van der Waals surface area contributed by atoms with E-state index in [1.807, 2.05) is 17.9 Å². The Morgan fingerprint density at radius 2 is 1.90 bits per heavy atom. The monoisotopic (exact) mass is 406 g/mol. The van der Waals surface area contributed by atoms with Crippen LogP contribution >= 0.6 is 0 Å². The van der Waals surface area contributed by atoms with Crippen LogP contribution in [0.1, 0.15) is 78.3 Å². The van der Waals surface area contributed by atoms with Crippen molar-refractivity contribution in [3.63, 3.8) is 0 Å². The Hall–Kier alpha value is -2.56. The molecule has 5 heteroatoms. The number of amides is 2. The maximum Gasteiger partial charge on any atom is 0.289 e. The molecule has 158 valence electrons. The second kappa shape index (κ2) is 7.60. The van der Waals surface area contributed by atoms with Gasteiger partial charge in [0.2, 0.25) is 5.91 Å². The minimum absolute atomic E-state index is 0.0133. The molecule has 1 aromatic heterocycles. The smallest absolute Gasteiger partial charge is 0.289 e. The van der Waals surface area contributed by atoms with E-state index in [9.17, 15) is 9.59 Å². The van der Waals surface area contributed by atoms with Gasteiger partial charge in [0.25, 0.3) is 5.91 Å². The number of nitrogens with one attached hydrogen (secondary N) is 1. The zero-order valence-corrected chi connectivity index (χ0v) is 17.7. The van der Waals surface area contributed by atoms with E-state index in [4.69, 9.17) is 4.42 Å². The molecule has 2 fully saturated rings. The van der Waals surface area contributed by atoms with Crippen LogP contribution < -0.4 is 5.32 Å². The molecule has 2 aliphatic carbocycles. The summed E-state index contributed by atoms with van der Waals surface area (Å²) in [6.07, 6.45) is 6.93. The van der Waals surface area contributed by atoms with E-state index in [0.29, 0.717) is 18.2 Å². The van der Waals surface area contributed by atoms with E-state index in [0.717, 1.165) is 51.0 Å². The molecule has 1 saturated carbocycles. The molecule has 30 heavy (non-hydrogen) atoms. The topological polar surface area (TPSA) is 62.6 Å². The van der Waals surface area contributed by atoms with Gasteiger partial charge >= 0.3 is 0 Å². The fraction of sp³-hybridized carbons (Fsp3) is 0.520. The fourth-order valence-electron chi connectivity index (χ4n) is 5.59. The summed E-state index contributed by atoms with van der Waals surface area (Å²) in [6.45, 7) is 3.32. The van der Waals surface area contributed by atoms with E-state index < -0.39 is 0 Å². The highest BCUT2D eigenvalue weighted by Crippen LogP contribution is 2.52. The molecular formula is C25H30N2O3. The molecule has 1 saturated heterocycles. The highest BCUT2D eigenvalue weighted by Gasteiger charge is 2.46. The van der Waals surface area contributed by atoms with Crippen LogP contribution in [-0.4, -0.2) is 35.8 Å². The summed E-state index contributed by atoms with van der Waals surface area (Å²) in [7, 11) is 0. The molecule has 1 spiro atoms. The lowest BCUT2D eigenvalue weighted by molar-refractivity contribution is -0.122. The Bertz CT molecular complexity index is 951. The van der Waals surface area contributed by atoms with Gasteiger partial charge in [-0.1, -0.05) is 24.3 Å². The minimum Gasteiger partial charge on any atom is -0.456 e. The number of furan rings is 1. The highest BCUT2D eigenvalue weighted by molar-refractivity contribution is 5.91. The molecule has 0 bridgehead atoms. The Morgan fingerprint density at radius 1 is 1.13 bits per heavy atom. The molecule has 5 rings (SSSR count). The van der Waals surface area contributed by atoms with Crippen molar-refractivity contribution < 1.29 is 14.0 Å². The molecule has 1 N–H and O–H groups in total. The number of hydrogen-bond donors (Lipinski definition) is 1. The standard InChI is InChI=1S/C25H30N2O3/c1-17-9-10-22(30-17)24(29)27-13-11-25(12-14-27)16-18(20-7-2-3-8-21(20)25)15-23(28)26-19-5-4-6-19/h2-3,7-10,18-19H,4-6,11-16H2,1H3,(H,26,28)/t18-/m1/s1. The first-order valence-electron chi connectivity index (χ1n) is 11.3. The zero-order valence-electron chi connectivity index (χ0n) is 17.7. The number of rotatable bonds is 4. The van der Waals surface area contributed by atoms with Crippen LogP contribution in [0.2, 0.25) is 0 Å². The van der Waals surface area contributed by atoms with Gasteiger partial charge in [-0.2, -0.15) is 0 Å². The van der Waals surface area contributed by atoms with Crippen molar-refractivity contribution in [1.29, 1.82) is 0 Å². The molecule has 5 nitrogen and oxygen atoms in total. The first kappa shape index (κ1) is 19.4. The third-order valence-electron chi connectivity index (χ3n) is 7.47. The van der Waals surface area contributed by atoms with Gasteiger partial charge in [0.15, 0.2) is 5.76 Å². The number of carbonyl (C=O) groups excluding carboxylic acids is 2. The van der Waals surface area contributed by atoms with Gasteiger partial charge in [-0.3, -0.25) is 9.59 Å². The second-order valence-corrected chi connectivity index (χ2v) is 9.37. The number of fused-ring (bicyclic) bond motifs is 2. The minimum atomic E-state index is -0.0133. The van der Waals surface area contributed by atoms with Crippen molar-refractivity contribution in [3.8, 4) is 0 Å². The molecule has 2 amide bonds. The molecule has 1 atom stereocenters. The maximum absolute atomic E-state index is 12.8. The lowest BCUT2D eigenvalue weighted by atomic mass is 9.73. The van der Waals surface area contributed by atoms with Crippen LogP contribution in [0.15, 0.2) is 40.8 Å². The fourth-order valence-corrected chi connectivity index (χ4v) is 5.59. The summed E-state index contributed by atoms with van der Waals surface area (Å²) < 4.78 is 5.54. The van der Waals surface area contributed by atoms with Gasteiger partial charge < -0.3 is 14.6 Å². The quantitative estimate of drug-likeness (QED) is 0.823. The second-order valence-electron chi connectivity index (χ2n) is 9.37. The third kappa shape index (κ3) is 3.44. The van der Waals surface area contributed by atoms with Crippen LogP contribution in [0.25, 0.3) is 0 Å². The lowest BCUT2D eigenvalue weighted by Gasteiger charge is -2.40. The van der Waals surface area contributed by atoms with Gasteiger partial charge in [0.05, 0.1) is 0 Å². The van der Waals surface area contributed by atoms with E-state index in [-0.39, 0.29) is 23.1 Å². The van der Waals surface area contributed by atoms with Gasteiger partial charge in [0.1, 0.15) is 5.76 Å². The van der Waals surface area contributed by atoms with Crippen LogP contribution in [0.5, 0.6) is 0 Å². The Labute approximate surface area is 177 Å². The first-order valence-corrected chi connectivity index (χ1v) is 11.3. The van der Waals surface area contributed by atoms with Gasteiger partial charge in [-0.25, -0.2) is 0 Å². The molecule has 2 aromatic rings. The van der Waals surface area contributed by atoms with Crippen LogP contribution in [0.4, 0.5) is 0 Å². The van der Waals surface area contributed by atoms with Crippen LogP contribution in [0.3, 0.4) is 0 Å². The molecule has 0 unspecified atom stereocenters. The number of carbonyl (C=O) groups is 2. The molecular weight excluding hydrogens is 376 g/mol. The molecule has 3 aliphatic rings. The van der Waals surface area contributed by atoms with E-state index >= 15 is 0 Å². The van der Waals surface area contributed by atoms with Crippen molar-refractivity contribution in [2.75, 3.05) is 13.1 Å². The maximum atomic E-state index is 12.8. The summed E-state index contributed by atoms with van der Waals surface area (Å²) in [5, 5.41) is 3.21. The number of piperidine rings is 1. The average molecular weight is 407 g/mol. The van der Waals surface area contributed by atoms with E-state index in [2.05, 4.69) is 29.6 Å². The molecule has 1 aliphatic heterocycles. The number of benzene rings is 1. The van der Waals surface area contributed by atoms with Crippen LogP contribution in [-0.2, 0) is 10.2 Å². The highest BCUT2D eigenvalue weighted by atomic mass is 16.3. The number of likely N-dealkylation sites (tertiary alicyclic amines) is 1. The summed E-state index contributed by atoms with van der Waals surface area (Å²) in [5.41, 5.74) is 2.81. The van der Waals surface area contributed by atoms with E-state index in [1.165, 1.54) is 17.5 Å². The normalized spacial score (nSPS) is 22.6. The largest absolute Gasteiger partial charge is 0.456 e. The van der Waals surface area contributed by atoms with Gasteiger partial charge in [-0.15, -0.1) is 0 Å². The molecule has 1 aromatic carbocycles. The lowest BCUT2D eigenvalue weighted by Crippen LogP contribution is -2.44. The number of hydrogen-bond acceptors (Lipinski definition) is 3. The summed E-state index contributed by atoms with van der Waals surface area (Å²) in [5.74, 6) is 1.65. The first-order chi connectivity index (χ1) is 14.5. The van der Waals surface area contributed by atoms with Crippen molar-refractivity contribution in [3.05, 3.63) is 59.0 Å². The Morgan fingerprint density at radius 3 is 2.57 bits per heavy atom. The molecule has 2 heterocycles. The summed E-state index contributed by atoms with van der Waals surface area (Å²) in [4.78, 5) is 27.3. The summed E-state index contributed by atoms with van der Waals surface area (Å²) in [6, 6.07) is 12.6. The van der Waals surface area contributed by atoms with Gasteiger partial charge in [0, 0.05) is 25.6 Å². The number of aryl methyl sites for hydroxylation is 1. The summed E-state index contributed by atoms with van der Waals surface area (Å²) >= 11 is 0. The predicted octanol–water partition coefficient (Wildman–Crippen LogP) is 4.31. The SMILES string of the molecule is Cc1ccc(C(=O)N2CCC3(CC2)C[C@@H](CC(=O)NC2CCC2)c2ccccc23)o1. The Balaban J connectivity index is 1.29. The third-order valence-corrected chi connectivity index (χ3v) is 7.47. The Kier molecular flexibility index (Phi) is 4.92. The predicted molar refractivity (Wildman–Crippen MR) is 114 cm³/mol. The van der Waals surface area contributed by atoms with Crippen molar-refractivity contribution >= 4 is 11.8 Å². The van der Waals surface area contributed by atoms with E-state index in [1.54, 1.807) is 6.07 Å². The van der Waals surface area contributed by atoms with Gasteiger partial charge in [-0.05, 0) is 80.0 Å². The average Bonchev–Trinajstić information content (AvgIpc) is 3.28. The van der Waals surface area contributed by atoms with Crippen molar-refractivity contribution in [2.45, 2.75) is 69.2 Å². The van der Waals surface area contributed by atoms with Crippen LogP contribution in [0, 0.1) is 6.92 Å². The van der Waals surface area contributed by atoms with Crippen molar-refractivity contribution in [2.24, 2.45) is 0 Å². The molecule has 0 radical (unpaired) electrons. The number of nitrogens with zero attached hydrogens (tertiary/aromatic N) is 1. The van der Waals surface area contributed by atoms with Crippen molar-refractivity contribution in [1.82, 2.24) is 10.2 Å². The zero-order chi connectivity index (χ0) is 20.7.